The number of aliphatic hydroxyl groups is 1. The van der Waals surface area contributed by atoms with Crippen LogP contribution in [-0.2, 0) is 0 Å². The van der Waals surface area contributed by atoms with Crippen LogP contribution in [0.4, 0.5) is 0 Å². The summed E-state index contributed by atoms with van der Waals surface area (Å²) >= 11 is 2.38. The molecule has 0 saturated heterocycles. The molecule has 0 heterocycles. The van der Waals surface area contributed by atoms with Gasteiger partial charge in [0.25, 0.3) is 0 Å². The van der Waals surface area contributed by atoms with Crippen LogP contribution in [0.3, 0.4) is 0 Å². The molecule has 0 atom stereocenters. The van der Waals surface area contributed by atoms with Crippen molar-refractivity contribution in [2.45, 2.75) is 39.0 Å². The summed E-state index contributed by atoms with van der Waals surface area (Å²) in [5.74, 6) is 0. The van der Waals surface area contributed by atoms with Gasteiger partial charge in [-0.25, -0.2) is 0 Å². The molecule has 0 radical (unpaired) electrons. The van der Waals surface area contributed by atoms with E-state index >= 15 is 0 Å². The number of rotatable bonds is 7. The topological polar surface area (TPSA) is 20.2 Å². The molecule has 1 N–H and O–H groups in total. The standard InChI is InChI=1S/C11H19IO/c1-2-3-5-8-11(12)9-6-4-7-10-13/h4,6,9,13H,2-3,5,7-8,10H2,1H3/b6-4+,11-9+. The Morgan fingerprint density at radius 3 is 2.77 bits per heavy atom. The van der Waals surface area contributed by atoms with E-state index in [-0.39, 0.29) is 6.61 Å². The molecular formula is C11H19IO. The summed E-state index contributed by atoms with van der Waals surface area (Å²) < 4.78 is 1.40. The van der Waals surface area contributed by atoms with Crippen molar-refractivity contribution in [3.05, 3.63) is 21.8 Å². The summed E-state index contributed by atoms with van der Waals surface area (Å²) in [5, 5.41) is 8.53. The lowest BCUT2D eigenvalue weighted by molar-refractivity contribution is 0.302. The van der Waals surface area contributed by atoms with Crippen LogP contribution in [-0.4, -0.2) is 11.7 Å². The van der Waals surface area contributed by atoms with Gasteiger partial charge in [0.05, 0.1) is 0 Å². The van der Waals surface area contributed by atoms with Gasteiger partial charge in [-0.3, -0.25) is 0 Å². The second-order valence-corrected chi connectivity index (χ2v) is 4.40. The first-order chi connectivity index (χ1) is 6.31. The smallest absolute Gasteiger partial charge is 0.0465 e. The van der Waals surface area contributed by atoms with Gasteiger partial charge in [-0.2, -0.15) is 0 Å². The molecule has 0 aliphatic rings. The van der Waals surface area contributed by atoms with Gasteiger partial charge in [0.15, 0.2) is 0 Å². The van der Waals surface area contributed by atoms with Gasteiger partial charge in [0, 0.05) is 6.61 Å². The highest BCUT2D eigenvalue weighted by Gasteiger charge is 1.89. The number of halogens is 1. The Labute approximate surface area is 95.1 Å². The SMILES string of the molecule is CCCCC/C(I)=C\C=C\CCO. The summed E-state index contributed by atoms with van der Waals surface area (Å²) in [4.78, 5) is 0. The molecular weight excluding hydrogens is 275 g/mol. The van der Waals surface area contributed by atoms with E-state index in [1.54, 1.807) is 0 Å². The first kappa shape index (κ1) is 13.2. The monoisotopic (exact) mass is 294 g/mol. The van der Waals surface area contributed by atoms with Crippen LogP contribution >= 0.6 is 22.6 Å². The third-order valence-electron chi connectivity index (χ3n) is 1.73. The lowest BCUT2D eigenvalue weighted by atomic mass is 10.2. The molecule has 0 aromatic rings. The van der Waals surface area contributed by atoms with Gasteiger partial charge in [-0.1, -0.05) is 38.0 Å². The Bertz CT molecular complexity index is 161. The fraction of sp³-hybridized carbons (Fsp3) is 0.636. The summed E-state index contributed by atoms with van der Waals surface area (Å²) in [5.41, 5.74) is 0. The second kappa shape index (κ2) is 10.3. The molecule has 0 aliphatic heterocycles. The molecule has 0 fully saturated rings. The van der Waals surface area contributed by atoms with Crippen LogP contribution in [0.5, 0.6) is 0 Å². The largest absolute Gasteiger partial charge is 0.396 e. The second-order valence-electron chi connectivity index (χ2n) is 3.01. The summed E-state index contributed by atoms with van der Waals surface area (Å²) in [6.07, 6.45) is 12.0. The van der Waals surface area contributed by atoms with Crippen molar-refractivity contribution in [1.82, 2.24) is 0 Å². The Morgan fingerprint density at radius 2 is 2.15 bits per heavy atom. The Morgan fingerprint density at radius 1 is 1.38 bits per heavy atom. The predicted octanol–water partition coefficient (Wildman–Crippen LogP) is 3.82. The molecule has 0 saturated carbocycles. The third-order valence-corrected chi connectivity index (χ3v) is 2.63. The van der Waals surface area contributed by atoms with Crippen molar-refractivity contribution in [2.75, 3.05) is 6.61 Å². The molecule has 2 heteroatoms. The number of hydrogen-bond donors (Lipinski definition) is 1. The minimum absolute atomic E-state index is 0.247. The molecule has 0 aliphatic carbocycles. The van der Waals surface area contributed by atoms with Crippen LogP contribution in [0.2, 0.25) is 0 Å². The summed E-state index contributed by atoms with van der Waals surface area (Å²) in [7, 11) is 0. The molecule has 0 aromatic carbocycles. The van der Waals surface area contributed by atoms with Crippen molar-refractivity contribution in [3.8, 4) is 0 Å². The van der Waals surface area contributed by atoms with Crippen molar-refractivity contribution in [1.29, 1.82) is 0 Å². The third kappa shape index (κ3) is 10.1. The Hall–Kier alpha value is 0.170. The van der Waals surface area contributed by atoms with Crippen molar-refractivity contribution < 1.29 is 5.11 Å². The molecule has 0 aromatic heterocycles. The normalized spacial score (nSPS) is 12.7. The van der Waals surface area contributed by atoms with Crippen LogP contribution in [0.15, 0.2) is 21.8 Å². The van der Waals surface area contributed by atoms with E-state index in [4.69, 9.17) is 5.11 Å². The number of aliphatic hydroxyl groups excluding tert-OH is 1. The van der Waals surface area contributed by atoms with Crippen molar-refractivity contribution in [2.24, 2.45) is 0 Å². The highest BCUT2D eigenvalue weighted by molar-refractivity contribution is 14.1. The zero-order valence-corrected chi connectivity index (χ0v) is 10.5. The highest BCUT2D eigenvalue weighted by Crippen LogP contribution is 2.15. The molecule has 13 heavy (non-hydrogen) atoms. The molecule has 0 bridgehead atoms. The number of allylic oxidation sites excluding steroid dienone is 3. The zero-order valence-electron chi connectivity index (χ0n) is 8.30. The van der Waals surface area contributed by atoms with Gasteiger partial charge >= 0.3 is 0 Å². The first-order valence-corrected chi connectivity index (χ1v) is 6.01. The quantitative estimate of drug-likeness (QED) is 0.430. The van der Waals surface area contributed by atoms with E-state index in [1.807, 2.05) is 12.2 Å². The van der Waals surface area contributed by atoms with E-state index in [0.717, 1.165) is 6.42 Å². The molecule has 76 valence electrons. The summed E-state index contributed by atoms with van der Waals surface area (Å²) in [6.45, 7) is 2.47. The maximum absolute atomic E-state index is 8.53. The first-order valence-electron chi connectivity index (χ1n) is 4.93. The fourth-order valence-electron chi connectivity index (χ4n) is 0.970. The average Bonchev–Trinajstić information content (AvgIpc) is 2.13. The highest BCUT2D eigenvalue weighted by atomic mass is 127. The van der Waals surface area contributed by atoms with E-state index < -0.39 is 0 Å². The van der Waals surface area contributed by atoms with Gasteiger partial charge in [-0.05, 0) is 45.4 Å². The predicted molar refractivity (Wildman–Crippen MR) is 67.1 cm³/mol. The van der Waals surface area contributed by atoms with E-state index in [0.29, 0.717) is 0 Å². The van der Waals surface area contributed by atoms with Crippen LogP contribution < -0.4 is 0 Å². The minimum atomic E-state index is 0.247. The number of unbranched alkanes of at least 4 members (excludes halogenated alkanes) is 2. The molecule has 0 amide bonds. The maximum Gasteiger partial charge on any atom is 0.0465 e. The number of hydrogen-bond acceptors (Lipinski definition) is 1. The van der Waals surface area contributed by atoms with Gasteiger partial charge < -0.3 is 5.11 Å². The van der Waals surface area contributed by atoms with E-state index in [1.165, 1.54) is 29.3 Å². The lowest BCUT2D eigenvalue weighted by Crippen LogP contribution is -1.76. The molecule has 0 rings (SSSR count). The Kier molecular flexibility index (Phi) is 10.4. The Balaban J connectivity index is 3.50. The average molecular weight is 294 g/mol. The van der Waals surface area contributed by atoms with Gasteiger partial charge in [-0.15, -0.1) is 0 Å². The zero-order chi connectivity index (χ0) is 9.94. The molecule has 0 unspecified atom stereocenters. The lowest BCUT2D eigenvalue weighted by Gasteiger charge is -1.96. The fourth-order valence-corrected chi connectivity index (χ4v) is 1.56. The molecule has 0 spiro atoms. The van der Waals surface area contributed by atoms with Crippen LogP contribution in [0, 0.1) is 0 Å². The van der Waals surface area contributed by atoms with E-state index in [9.17, 15) is 0 Å². The maximum atomic E-state index is 8.53. The van der Waals surface area contributed by atoms with Gasteiger partial charge in [0.1, 0.15) is 0 Å². The van der Waals surface area contributed by atoms with Crippen molar-refractivity contribution >= 4 is 22.6 Å². The van der Waals surface area contributed by atoms with E-state index in [2.05, 4.69) is 35.6 Å². The van der Waals surface area contributed by atoms with Crippen molar-refractivity contribution in [3.63, 3.8) is 0 Å². The van der Waals surface area contributed by atoms with Crippen LogP contribution in [0.1, 0.15) is 39.0 Å². The van der Waals surface area contributed by atoms with Gasteiger partial charge in [0.2, 0.25) is 0 Å². The minimum Gasteiger partial charge on any atom is -0.396 e. The summed E-state index contributed by atoms with van der Waals surface area (Å²) in [6, 6.07) is 0. The molecule has 1 nitrogen and oxygen atoms in total. The van der Waals surface area contributed by atoms with Crippen LogP contribution in [0.25, 0.3) is 0 Å².